The van der Waals surface area contributed by atoms with Gasteiger partial charge in [-0.15, -0.1) is 0 Å². The van der Waals surface area contributed by atoms with Gasteiger partial charge in [0.1, 0.15) is 17.3 Å². The molecule has 0 bridgehead atoms. The van der Waals surface area contributed by atoms with Crippen LogP contribution in [0.4, 0.5) is 14.5 Å². The normalized spacial score (nSPS) is 15.2. The summed E-state index contributed by atoms with van der Waals surface area (Å²) in [5, 5.41) is 6.56. The fourth-order valence-electron chi connectivity index (χ4n) is 4.15. The number of amides is 1. The molecule has 0 spiro atoms. The first kappa shape index (κ1) is 26.4. The molecule has 11 heteroatoms. The van der Waals surface area contributed by atoms with Crippen molar-refractivity contribution >= 4 is 39.6 Å². The van der Waals surface area contributed by atoms with Crippen molar-refractivity contribution in [1.82, 2.24) is 9.46 Å². The number of anilines is 1. The Morgan fingerprint density at radius 1 is 1.11 bits per heavy atom. The molecule has 1 aliphatic rings. The van der Waals surface area contributed by atoms with Gasteiger partial charge in [-0.1, -0.05) is 17.3 Å². The SMILES string of the molecule is CC(=O)c1cccc(NC(=O)C2CCN(S(=O)(=O)c3c(C)noc3/C=C/c3ccc(F)cc3F)CC2)c1. The van der Waals surface area contributed by atoms with Gasteiger partial charge < -0.3 is 9.84 Å². The summed E-state index contributed by atoms with van der Waals surface area (Å²) in [6, 6.07) is 9.67. The quantitative estimate of drug-likeness (QED) is 0.446. The number of aromatic nitrogens is 1. The Bertz CT molecular complexity index is 1480. The predicted octanol–water partition coefficient (Wildman–Crippen LogP) is 4.67. The van der Waals surface area contributed by atoms with Gasteiger partial charge in [0.05, 0.1) is 0 Å². The van der Waals surface area contributed by atoms with Crippen LogP contribution >= 0.6 is 0 Å². The van der Waals surface area contributed by atoms with E-state index in [-0.39, 0.29) is 46.7 Å². The van der Waals surface area contributed by atoms with Crippen molar-refractivity contribution in [2.45, 2.75) is 31.6 Å². The molecule has 1 aromatic heterocycles. The minimum Gasteiger partial charge on any atom is -0.355 e. The average Bonchev–Trinajstić information content (AvgIpc) is 3.24. The fourth-order valence-corrected chi connectivity index (χ4v) is 5.87. The number of carbonyl (C=O) groups excluding carboxylic acids is 2. The minimum atomic E-state index is -4.02. The van der Waals surface area contributed by atoms with Gasteiger partial charge in [-0.3, -0.25) is 9.59 Å². The molecular weight excluding hydrogens is 504 g/mol. The van der Waals surface area contributed by atoms with Crippen LogP contribution in [0.5, 0.6) is 0 Å². The highest BCUT2D eigenvalue weighted by atomic mass is 32.2. The van der Waals surface area contributed by atoms with E-state index in [9.17, 15) is 26.8 Å². The van der Waals surface area contributed by atoms with Gasteiger partial charge >= 0.3 is 0 Å². The van der Waals surface area contributed by atoms with Crippen molar-refractivity contribution in [2.75, 3.05) is 18.4 Å². The average molecular weight is 530 g/mol. The van der Waals surface area contributed by atoms with E-state index in [1.807, 2.05) is 0 Å². The molecule has 0 radical (unpaired) electrons. The van der Waals surface area contributed by atoms with E-state index in [0.29, 0.717) is 24.1 Å². The highest BCUT2D eigenvalue weighted by molar-refractivity contribution is 7.89. The lowest BCUT2D eigenvalue weighted by Gasteiger charge is -2.30. The number of Topliss-reactive ketones (excluding diaryl/α,β-unsaturated/α-hetero) is 1. The number of ketones is 1. The molecular formula is C26H25F2N3O5S. The second-order valence-electron chi connectivity index (χ2n) is 8.77. The molecule has 37 heavy (non-hydrogen) atoms. The van der Waals surface area contributed by atoms with Crippen LogP contribution in [0.3, 0.4) is 0 Å². The Labute approximate surface area is 213 Å². The lowest BCUT2D eigenvalue weighted by atomic mass is 9.97. The van der Waals surface area contributed by atoms with Crippen molar-refractivity contribution in [3.05, 3.63) is 76.7 Å². The lowest BCUT2D eigenvalue weighted by molar-refractivity contribution is -0.120. The van der Waals surface area contributed by atoms with Crippen molar-refractivity contribution in [3.63, 3.8) is 0 Å². The first-order valence-corrected chi connectivity index (χ1v) is 13.0. The van der Waals surface area contributed by atoms with Gasteiger partial charge in [-0.2, -0.15) is 4.31 Å². The van der Waals surface area contributed by atoms with Gasteiger partial charge in [-0.25, -0.2) is 17.2 Å². The van der Waals surface area contributed by atoms with Crippen molar-refractivity contribution < 1.29 is 31.3 Å². The molecule has 0 aliphatic carbocycles. The Morgan fingerprint density at radius 3 is 2.51 bits per heavy atom. The standard InChI is InChI=1S/C26H25F2N3O5S/c1-16-25(24(36-30-16)9-7-18-6-8-21(27)15-23(18)28)37(34,35)31-12-10-19(11-13-31)26(33)29-22-5-3-4-20(14-22)17(2)32/h3-9,14-15,19H,10-13H2,1-2H3,(H,29,33)/b9-7+. The van der Waals surface area contributed by atoms with Gasteiger partial charge in [0.15, 0.2) is 16.4 Å². The van der Waals surface area contributed by atoms with E-state index >= 15 is 0 Å². The van der Waals surface area contributed by atoms with Gasteiger partial charge in [-0.05, 0) is 63.1 Å². The van der Waals surface area contributed by atoms with Crippen LogP contribution in [-0.2, 0) is 14.8 Å². The highest BCUT2D eigenvalue weighted by Crippen LogP contribution is 2.30. The van der Waals surface area contributed by atoms with E-state index in [4.69, 9.17) is 4.52 Å². The van der Waals surface area contributed by atoms with E-state index in [0.717, 1.165) is 12.1 Å². The van der Waals surface area contributed by atoms with Gasteiger partial charge in [0.25, 0.3) is 0 Å². The number of hydrogen-bond acceptors (Lipinski definition) is 6. The number of halogens is 2. The number of nitrogens with zero attached hydrogens (tertiary/aromatic N) is 2. The molecule has 0 saturated carbocycles. The zero-order valence-electron chi connectivity index (χ0n) is 20.2. The molecule has 0 unspecified atom stereocenters. The highest BCUT2D eigenvalue weighted by Gasteiger charge is 2.36. The lowest BCUT2D eigenvalue weighted by Crippen LogP contribution is -2.41. The summed E-state index contributed by atoms with van der Waals surface area (Å²) in [6.07, 6.45) is 3.16. The minimum absolute atomic E-state index is 0.0551. The molecule has 1 saturated heterocycles. The van der Waals surface area contributed by atoms with Gasteiger partial charge in [0.2, 0.25) is 15.9 Å². The summed E-state index contributed by atoms with van der Waals surface area (Å²) in [6.45, 7) is 3.14. The maximum atomic E-state index is 14.0. The summed E-state index contributed by atoms with van der Waals surface area (Å²) >= 11 is 0. The first-order chi connectivity index (χ1) is 17.6. The number of aryl methyl sites for hydroxylation is 1. The van der Waals surface area contributed by atoms with Crippen molar-refractivity contribution in [1.29, 1.82) is 0 Å². The van der Waals surface area contributed by atoms with E-state index in [2.05, 4.69) is 10.5 Å². The van der Waals surface area contributed by atoms with E-state index in [1.54, 1.807) is 24.3 Å². The summed E-state index contributed by atoms with van der Waals surface area (Å²) in [7, 11) is -4.02. The molecule has 8 nitrogen and oxygen atoms in total. The number of piperidine rings is 1. The third-order valence-corrected chi connectivity index (χ3v) is 8.23. The Hall–Kier alpha value is -3.70. The molecule has 1 aliphatic heterocycles. The monoisotopic (exact) mass is 529 g/mol. The van der Waals surface area contributed by atoms with Crippen LogP contribution in [0.1, 0.15) is 47.1 Å². The largest absolute Gasteiger partial charge is 0.355 e. The number of sulfonamides is 1. The number of hydrogen-bond donors (Lipinski definition) is 1. The fraction of sp³-hybridized carbons (Fsp3) is 0.269. The number of benzene rings is 2. The van der Waals surface area contributed by atoms with Crippen LogP contribution in [0.25, 0.3) is 12.2 Å². The first-order valence-electron chi connectivity index (χ1n) is 11.6. The molecule has 1 fully saturated rings. The maximum absolute atomic E-state index is 14.0. The molecule has 194 valence electrons. The van der Waals surface area contributed by atoms with Crippen molar-refractivity contribution in [3.8, 4) is 0 Å². The second kappa shape index (κ2) is 10.7. The molecule has 1 N–H and O–H groups in total. The van der Waals surface area contributed by atoms with E-state index in [1.165, 1.54) is 36.4 Å². The third-order valence-electron chi connectivity index (χ3n) is 6.17. The molecule has 2 heterocycles. The maximum Gasteiger partial charge on any atom is 0.248 e. The van der Waals surface area contributed by atoms with E-state index < -0.39 is 27.6 Å². The molecule has 3 aromatic rings. The molecule has 2 aromatic carbocycles. The van der Waals surface area contributed by atoms with Crippen LogP contribution in [0.2, 0.25) is 0 Å². The van der Waals surface area contributed by atoms with Crippen LogP contribution < -0.4 is 5.32 Å². The number of rotatable bonds is 7. The third kappa shape index (κ3) is 5.83. The Balaban J connectivity index is 1.45. The zero-order chi connectivity index (χ0) is 26.7. The number of nitrogens with one attached hydrogen (secondary N) is 1. The molecule has 0 atom stereocenters. The smallest absolute Gasteiger partial charge is 0.248 e. The molecule has 1 amide bonds. The summed E-state index contributed by atoms with van der Waals surface area (Å²) in [4.78, 5) is 24.2. The van der Waals surface area contributed by atoms with Crippen LogP contribution in [-0.4, -0.2) is 42.7 Å². The Morgan fingerprint density at radius 2 is 1.84 bits per heavy atom. The van der Waals surface area contributed by atoms with Crippen molar-refractivity contribution in [2.24, 2.45) is 5.92 Å². The van der Waals surface area contributed by atoms with Crippen LogP contribution in [0, 0.1) is 24.5 Å². The summed E-state index contributed by atoms with van der Waals surface area (Å²) in [5.41, 5.74) is 1.18. The van der Waals surface area contributed by atoms with Gasteiger partial charge in [0, 0.05) is 41.9 Å². The number of carbonyl (C=O) groups is 2. The second-order valence-corrected chi connectivity index (χ2v) is 10.6. The zero-order valence-corrected chi connectivity index (χ0v) is 21.0. The molecule has 4 rings (SSSR count). The topological polar surface area (TPSA) is 110 Å². The predicted molar refractivity (Wildman–Crippen MR) is 133 cm³/mol. The summed E-state index contributed by atoms with van der Waals surface area (Å²) < 4.78 is 60.4. The Kier molecular flexibility index (Phi) is 7.65. The summed E-state index contributed by atoms with van der Waals surface area (Å²) in [5.74, 6) is -2.37. The van der Waals surface area contributed by atoms with Crippen LogP contribution in [0.15, 0.2) is 51.9 Å².